The van der Waals surface area contributed by atoms with E-state index in [9.17, 15) is 0 Å². The largest absolute Gasteiger partial charge is 0.382 e. The molecule has 0 saturated heterocycles. The topological polar surface area (TPSA) is 78.9 Å². The molecule has 0 aliphatic heterocycles. The number of hydrogen-bond donors (Lipinski definition) is 2. The maximum atomic E-state index is 7.59. The first-order valence-electron chi connectivity index (χ1n) is 6.53. The van der Waals surface area contributed by atoms with E-state index in [0.717, 1.165) is 31.6 Å². The molecule has 0 bridgehead atoms. The monoisotopic (exact) mass is 249 g/mol. The number of nitrogens with zero attached hydrogens (tertiary/aromatic N) is 3. The molecule has 0 aromatic carbocycles. The number of aromatic nitrogens is 2. The second-order valence-electron chi connectivity index (χ2n) is 4.45. The van der Waals surface area contributed by atoms with Crippen LogP contribution in [0.3, 0.4) is 0 Å². The summed E-state index contributed by atoms with van der Waals surface area (Å²) >= 11 is 0. The first kappa shape index (κ1) is 14.4. The predicted octanol–water partition coefficient (Wildman–Crippen LogP) is 2.17. The summed E-state index contributed by atoms with van der Waals surface area (Å²) < 4.78 is 0. The van der Waals surface area contributed by atoms with Gasteiger partial charge >= 0.3 is 0 Å². The molecule has 0 fully saturated rings. The highest BCUT2D eigenvalue weighted by atomic mass is 15.2. The third-order valence-corrected chi connectivity index (χ3v) is 3.08. The molecule has 1 heterocycles. The van der Waals surface area contributed by atoms with Crippen LogP contribution in [0.15, 0.2) is 12.4 Å². The molecule has 3 N–H and O–H groups in total. The van der Waals surface area contributed by atoms with Crippen molar-refractivity contribution in [1.82, 2.24) is 9.97 Å². The minimum absolute atomic E-state index is 0.0251. The zero-order chi connectivity index (χ0) is 13.5. The molecule has 0 saturated carbocycles. The Morgan fingerprint density at radius 3 is 2.61 bits per heavy atom. The van der Waals surface area contributed by atoms with Crippen LogP contribution >= 0.6 is 0 Å². The van der Waals surface area contributed by atoms with Gasteiger partial charge in [-0.1, -0.05) is 20.3 Å². The smallest absolute Gasteiger partial charge is 0.158 e. The second-order valence-corrected chi connectivity index (χ2v) is 4.45. The van der Waals surface area contributed by atoms with E-state index in [0.29, 0.717) is 11.7 Å². The number of unbranched alkanes of at least 4 members (excludes halogenated alkanes) is 1. The minimum Gasteiger partial charge on any atom is -0.382 e. The van der Waals surface area contributed by atoms with E-state index in [1.54, 1.807) is 12.4 Å². The van der Waals surface area contributed by atoms with Crippen molar-refractivity contribution >= 4 is 11.7 Å². The van der Waals surface area contributed by atoms with Gasteiger partial charge in [0, 0.05) is 25.0 Å². The first-order chi connectivity index (χ1) is 8.61. The van der Waals surface area contributed by atoms with Gasteiger partial charge in [-0.05, 0) is 19.8 Å². The summed E-state index contributed by atoms with van der Waals surface area (Å²) in [6, 6.07) is 0.367. The zero-order valence-electron chi connectivity index (χ0n) is 11.5. The Hall–Kier alpha value is -1.65. The van der Waals surface area contributed by atoms with Crippen LogP contribution in [0, 0.1) is 5.41 Å². The van der Waals surface area contributed by atoms with Crippen LogP contribution < -0.4 is 10.6 Å². The fourth-order valence-electron chi connectivity index (χ4n) is 1.81. The van der Waals surface area contributed by atoms with Gasteiger partial charge < -0.3 is 10.6 Å². The maximum absolute atomic E-state index is 7.59. The molecule has 18 heavy (non-hydrogen) atoms. The summed E-state index contributed by atoms with van der Waals surface area (Å²) in [5, 5.41) is 7.59. The van der Waals surface area contributed by atoms with E-state index in [2.05, 4.69) is 35.6 Å². The number of nitrogens with one attached hydrogen (secondary N) is 1. The van der Waals surface area contributed by atoms with E-state index >= 15 is 0 Å². The highest BCUT2D eigenvalue weighted by molar-refractivity contribution is 5.97. The van der Waals surface area contributed by atoms with Crippen LogP contribution in [0.5, 0.6) is 0 Å². The Morgan fingerprint density at radius 1 is 1.39 bits per heavy atom. The minimum atomic E-state index is -0.0251. The Kier molecular flexibility index (Phi) is 5.55. The van der Waals surface area contributed by atoms with Crippen LogP contribution in [0.2, 0.25) is 0 Å². The summed E-state index contributed by atoms with van der Waals surface area (Å²) in [5.41, 5.74) is 6.06. The summed E-state index contributed by atoms with van der Waals surface area (Å²) in [6.07, 6.45) is 6.48. The van der Waals surface area contributed by atoms with Crippen molar-refractivity contribution in [2.45, 2.75) is 46.1 Å². The molecule has 0 spiro atoms. The zero-order valence-corrected chi connectivity index (χ0v) is 11.5. The van der Waals surface area contributed by atoms with E-state index in [1.165, 1.54) is 0 Å². The molecule has 100 valence electrons. The first-order valence-corrected chi connectivity index (χ1v) is 6.53. The van der Waals surface area contributed by atoms with Gasteiger partial charge in [0.2, 0.25) is 0 Å². The lowest BCUT2D eigenvalue weighted by molar-refractivity contribution is 0.588. The highest BCUT2D eigenvalue weighted by Crippen LogP contribution is 2.19. The summed E-state index contributed by atoms with van der Waals surface area (Å²) in [6.45, 7) is 7.39. The Morgan fingerprint density at radius 2 is 2.06 bits per heavy atom. The van der Waals surface area contributed by atoms with Crippen molar-refractivity contribution in [3.05, 3.63) is 18.1 Å². The third-order valence-electron chi connectivity index (χ3n) is 3.08. The van der Waals surface area contributed by atoms with Crippen LogP contribution in [0.1, 0.15) is 45.7 Å². The predicted molar refractivity (Wildman–Crippen MR) is 75.1 cm³/mol. The molecule has 0 aliphatic rings. The van der Waals surface area contributed by atoms with Crippen molar-refractivity contribution in [2.75, 3.05) is 11.4 Å². The molecule has 1 aromatic rings. The lowest BCUT2D eigenvalue weighted by Crippen LogP contribution is -2.36. The van der Waals surface area contributed by atoms with Gasteiger partial charge in [-0.15, -0.1) is 0 Å². The standard InChI is InChI=1S/C13H23N5/c1-4-6-9-18(10(3)5-2)13-11(12(14)15)16-7-8-17-13/h7-8,10H,4-6,9H2,1-3H3,(H3,14,15). The van der Waals surface area contributed by atoms with Crippen LogP contribution in [-0.2, 0) is 0 Å². The molecule has 1 aromatic heterocycles. The molecule has 0 radical (unpaired) electrons. The van der Waals surface area contributed by atoms with Crippen molar-refractivity contribution in [1.29, 1.82) is 5.41 Å². The van der Waals surface area contributed by atoms with Gasteiger partial charge in [0.15, 0.2) is 5.82 Å². The van der Waals surface area contributed by atoms with Crippen molar-refractivity contribution < 1.29 is 0 Å². The fraction of sp³-hybridized carbons (Fsp3) is 0.615. The van der Waals surface area contributed by atoms with E-state index in [1.807, 2.05) is 0 Å². The van der Waals surface area contributed by atoms with Crippen molar-refractivity contribution in [2.24, 2.45) is 5.73 Å². The lowest BCUT2D eigenvalue weighted by Gasteiger charge is -2.30. The second kappa shape index (κ2) is 6.93. The quantitative estimate of drug-likeness (QED) is 0.573. The molecule has 0 amide bonds. The fourth-order valence-corrected chi connectivity index (χ4v) is 1.81. The molecule has 1 unspecified atom stereocenters. The number of hydrogen-bond acceptors (Lipinski definition) is 4. The maximum Gasteiger partial charge on any atom is 0.158 e. The average Bonchev–Trinajstić information content (AvgIpc) is 2.39. The number of rotatable bonds is 7. The van der Waals surface area contributed by atoms with Crippen LogP contribution in [0.25, 0.3) is 0 Å². The lowest BCUT2D eigenvalue weighted by atomic mass is 10.2. The van der Waals surface area contributed by atoms with Gasteiger partial charge in [-0.3, -0.25) is 5.41 Å². The van der Waals surface area contributed by atoms with Gasteiger partial charge in [-0.2, -0.15) is 0 Å². The highest BCUT2D eigenvalue weighted by Gasteiger charge is 2.19. The molecule has 5 heteroatoms. The molecule has 0 aliphatic carbocycles. The third kappa shape index (κ3) is 3.42. The molecule has 1 atom stereocenters. The van der Waals surface area contributed by atoms with Crippen molar-refractivity contribution in [3.63, 3.8) is 0 Å². The van der Waals surface area contributed by atoms with Gasteiger partial charge in [0.1, 0.15) is 11.5 Å². The van der Waals surface area contributed by atoms with E-state index in [4.69, 9.17) is 11.1 Å². The number of amidine groups is 1. The molecular formula is C13H23N5. The summed E-state index contributed by atoms with van der Waals surface area (Å²) in [5.74, 6) is 0.704. The summed E-state index contributed by atoms with van der Waals surface area (Å²) in [7, 11) is 0. The van der Waals surface area contributed by atoms with Gasteiger partial charge in [0.25, 0.3) is 0 Å². The molecular weight excluding hydrogens is 226 g/mol. The number of nitrogen functional groups attached to an aromatic ring is 1. The normalized spacial score (nSPS) is 12.2. The van der Waals surface area contributed by atoms with Crippen LogP contribution in [0.4, 0.5) is 5.82 Å². The summed E-state index contributed by atoms with van der Waals surface area (Å²) in [4.78, 5) is 10.7. The van der Waals surface area contributed by atoms with Crippen molar-refractivity contribution in [3.8, 4) is 0 Å². The van der Waals surface area contributed by atoms with E-state index in [-0.39, 0.29) is 5.84 Å². The Labute approximate surface area is 109 Å². The number of anilines is 1. The van der Waals surface area contributed by atoms with Gasteiger partial charge in [-0.25, -0.2) is 9.97 Å². The molecule has 1 rings (SSSR count). The molecule has 5 nitrogen and oxygen atoms in total. The average molecular weight is 249 g/mol. The Bertz CT molecular complexity index is 391. The van der Waals surface area contributed by atoms with Crippen LogP contribution in [-0.4, -0.2) is 28.4 Å². The van der Waals surface area contributed by atoms with Gasteiger partial charge in [0.05, 0.1) is 0 Å². The number of nitrogens with two attached hydrogens (primary N) is 1. The SMILES string of the molecule is CCCCN(c1nccnc1C(=N)N)C(C)CC. The Balaban J connectivity index is 3.07. The van der Waals surface area contributed by atoms with E-state index < -0.39 is 0 Å².